The van der Waals surface area contributed by atoms with Crippen molar-refractivity contribution in [3.05, 3.63) is 71.1 Å². The Labute approximate surface area is 250 Å². The largest absolute Gasteiger partial charge is 0.495 e. The van der Waals surface area contributed by atoms with E-state index >= 15 is 0 Å². The Balaban J connectivity index is 1.19. The summed E-state index contributed by atoms with van der Waals surface area (Å²) in [4.78, 5) is 51.6. The van der Waals surface area contributed by atoms with Crippen LogP contribution in [0.1, 0.15) is 5.56 Å². The summed E-state index contributed by atoms with van der Waals surface area (Å²) >= 11 is 0.726. The van der Waals surface area contributed by atoms with Gasteiger partial charge in [0, 0.05) is 11.8 Å². The number of hydrogen-bond donors (Lipinski definition) is 2. The molecule has 0 radical (unpaired) electrons. The molecule has 0 atom stereocenters. The van der Waals surface area contributed by atoms with E-state index in [-0.39, 0.29) is 11.5 Å². The highest BCUT2D eigenvalue weighted by Gasteiger charge is 2.36. The van der Waals surface area contributed by atoms with E-state index in [9.17, 15) is 19.2 Å². The lowest BCUT2D eigenvalue weighted by molar-refractivity contribution is -0.127. The van der Waals surface area contributed by atoms with Gasteiger partial charge in [0.05, 0.1) is 24.8 Å². The number of rotatable bonds is 10. The molecule has 0 spiro atoms. The van der Waals surface area contributed by atoms with Gasteiger partial charge in [-0.3, -0.25) is 24.1 Å². The van der Waals surface area contributed by atoms with Crippen LogP contribution >= 0.6 is 11.8 Å². The molecule has 13 heteroatoms. The highest BCUT2D eigenvalue weighted by atomic mass is 32.2. The second-order valence-corrected chi connectivity index (χ2v) is 10.1. The molecule has 0 unspecified atom stereocenters. The maximum atomic E-state index is 13.0. The smallest absolute Gasteiger partial charge is 0.294 e. The van der Waals surface area contributed by atoms with Gasteiger partial charge in [-0.15, -0.1) is 0 Å². The minimum atomic E-state index is -0.598. The Bertz CT molecular complexity index is 1610. The highest BCUT2D eigenvalue weighted by molar-refractivity contribution is 8.18. The maximum absolute atomic E-state index is 13.0. The number of thioether (sulfide) groups is 1. The van der Waals surface area contributed by atoms with Gasteiger partial charge in [0.1, 0.15) is 25.5 Å². The van der Waals surface area contributed by atoms with Gasteiger partial charge in [-0.1, -0.05) is 18.2 Å². The van der Waals surface area contributed by atoms with Crippen molar-refractivity contribution in [1.29, 1.82) is 0 Å². The molecule has 43 heavy (non-hydrogen) atoms. The lowest BCUT2D eigenvalue weighted by Gasteiger charge is -2.19. The van der Waals surface area contributed by atoms with Gasteiger partial charge >= 0.3 is 0 Å². The summed E-state index contributed by atoms with van der Waals surface area (Å²) < 4.78 is 27.3. The van der Waals surface area contributed by atoms with Crippen LogP contribution in [0.25, 0.3) is 6.08 Å². The molecule has 2 aliphatic rings. The number of benzene rings is 3. The molecule has 2 aliphatic heterocycles. The standard InChI is InChI=1S/C30H27N3O9S/c1-38-21-6-4-3-5-20(21)32-28(35)17-42-22-9-7-18(13-24(22)39-2)14-26-29(36)33(30(37)43-26)16-27(34)31-19-8-10-23-25(15-19)41-12-11-40-23/h3-10,13-15H,11-12,16-17H2,1-2H3,(H,31,34)(H,32,35)/b26-14-. The minimum absolute atomic E-state index is 0.143. The van der Waals surface area contributed by atoms with Crippen LogP contribution in [0, 0.1) is 0 Å². The molecule has 0 aromatic heterocycles. The molecule has 0 bridgehead atoms. The second kappa shape index (κ2) is 13.2. The van der Waals surface area contributed by atoms with E-state index in [1.807, 2.05) is 0 Å². The second-order valence-electron chi connectivity index (χ2n) is 9.12. The zero-order chi connectivity index (χ0) is 30.3. The Hall–Kier alpha value is -5.17. The Morgan fingerprint density at radius 2 is 1.65 bits per heavy atom. The van der Waals surface area contributed by atoms with Crippen LogP contribution in [-0.2, 0) is 14.4 Å². The zero-order valence-electron chi connectivity index (χ0n) is 23.2. The molecule has 12 nitrogen and oxygen atoms in total. The van der Waals surface area contributed by atoms with Gasteiger partial charge in [-0.05, 0) is 59.8 Å². The van der Waals surface area contributed by atoms with Crippen LogP contribution in [0.3, 0.4) is 0 Å². The van der Waals surface area contributed by atoms with E-state index in [2.05, 4.69) is 10.6 Å². The van der Waals surface area contributed by atoms with E-state index in [0.29, 0.717) is 58.9 Å². The number of carbonyl (C=O) groups is 4. The van der Waals surface area contributed by atoms with E-state index < -0.39 is 29.5 Å². The van der Waals surface area contributed by atoms with Gasteiger partial charge in [-0.2, -0.15) is 0 Å². The van der Waals surface area contributed by atoms with Crippen molar-refractivity contribution in [3.8, 4) is 28.7 Å². The molecule has 3 aromatic carbocycles. The lowest BCUT2D eigenvalue weighted by atomic mass is 10.2. The number of hydrogen-bond acceptors (Lipinski definition) is 10. The molecule has 2 N–H and O–H groups in total. The summed E-state index contributed by atoms with van der Waals surface area (Å²) in [5, 5.41) is 4.83. The van der Waals surface area contributed by atoms with Crippen LogP contribution in [0.2, 0.25) is 0 Å². The third-order valence-electron chi connectivity index (χ3n) is 6.23. The third-order valence-corrected chi connectivity index (χ3v) is 7.13. The molecular formula is C30H27N3O9S. The van der Waals surface area contributed by atoms with Crippen molar-refractivity contribution in [3.63, 3.8) is 0 Å². The quantitative estimate of drug-likeness (QED) is 0.324. The number of amides is 4. The molecule has 1 saturated heterocycles. The van der Waals surface area contributed by atoms with Gasteiger partial charge in [0.15, 0.2) is 29.6 Å². The SMILES string of the molecule is COc1ccccc1NC(=O)COc1ccc(/C=C2\SC(=O)N(CC(=O)Nc3ccc4c(c3)OCCO4)C2=O)cc1OC. The molecule has 1 fully saturated rings. The van der Waals surface area contributed by atoms with Gasteiger partial charge in [0.25, 0.3) is 17.1 Å². The van der Waals surface area contributed by atoms with Crippen LogP contribution < -0.4 is 34.3 Å². The molecule has 4 amide bonds. The van der Waals surface area contributed by atoms with Crippen molar-refractivity contribution >= 4 is 52.2 Å². The molecule has 0 aliphatic carbocycles. The number of methoxy groups -OCH3 is 2. The summed E-state index contributed by atoms with van der Waals surface area (Å²) in [6.07, 6.45) is 1.52. The summed E-state index contributed by atoms with van der Waals surface area (Å²) in [6.45, 7) is 0.0991. The normalized spacial score (nSPS) is 14.8. The van der Waals surface area contributed by atoms with E-state index in [0.717, 1.165) is 16.7 Å². The number of para-hydroxylation sites is 2. The third kappa shape index (κ3) is 7.01. The predicted molar refractivity (Wildman–Crippen MR) is 159 cm³/mol. The monoisotopic (exact) mass is 605 g/mol. The number of anilines is 2. The lowest BCUT2D eigenvalue weighted by Crippen LogP contribution is -2.36. The summed E-state index contributed by atoms with van der Waals surface area (Å²) in [6, 6.07) is 16.8. The Morgan fingerprint density at radius 1 is 0.884 bits per heavy atom. The fourth-order valence-electron chi connectivity index (χ4n) is 4.22. The summed E-state index contributed by atoms with van der Waals surface area (Å²) in [7, 11) is 2.95. The average Bonchev–Trinajstić information content (AvgIpc) is 3.27. The first-order chi connectivity index (χ1) is 20.8. The molecular weight excluding hydrogens is 578 g/mol. The fraction of sp³-hybridized carbons (Fsp3) is 0.200. The van der Waals surface area contributed by atoms with Crippen molar-refractivity contribution in [1.82, 2.24) is 4.90 Å². The molecule has 2 heterocycles. The summed E-state index contributed by atoms with van der Waals surface area (Å²) in [5.41, 5.74) is 1.51. The van der Waals surface area contributed by atoms with E-state index in [1.54, 1.807) is 60.7 Å². The first-order valence-corrected chi connectivity index (χ1v) is 13.8. The Morgan fingerprint density at radius 3 is 2.44 bits per heavy atom. The average molecular weight is 606 g/mol. The molecule has 5 rings (SSSR count). The number of fused-ring (bicyclic) bond motifs is 1. The maximum Gasteiger partial charge on any atom is 0.294 e. The predicted octanol–water partition coefficient (Wildman–Crippen LogP) is 4.17. The highest BCUT2D eigenvalue weighted by Crippen LogP contribution is 2.35. The fourth-order valence-corrected chi connectivity index (χ4v) is 5.06. The Kier molecular flexibility index (Phi) is 9.01. The topological polar surface area (TPSA) is 142 Å². The van der Waals surface area contributed by atoms with E-state index in [1.165, 1.54) is 20.3 Å². The molecule has 0 saturated carbocycles. The molecule has 222 valence electrons. The van der Waals surface area contributed by atoms with Crippen LogP contribution in [-0.4, -0.2) is 68.4 Å². The van der Waals surface area contributed by atoms with Crippen molar-refractivity contribution in [2.45, 2.75) is 0 Å². The molecule has 3 aromatic rings. The number of nitrogens with zero attached hydrogens (tertiary/aromatic N) is 1. The van der Waals surface area contributed by atoms with Crippen LogP contribution in [0.15, 0.2) is 65.6 Å². The number of nitrogens with one attached hydrogen (secondary N) is 2. The van der Waals surface area contributed by atoms with E-state index in [4.69, 9.17) is 23.7 Å². The van der Waals surface area contributed by atoms with Crippen molar-refractivity contribution in [2.24, 2.45) is 0 Å². The zero-order valence-corrected chi connectivity index (χ0v) is 24.0. The summed E-state index contributed by atoms with van der Waals surface area (Å²) in [5.74, 6) is 0.672. The van der Waals surface area contributed by atoms with Crippen LogP contribution in [0.4, 0.5) is 16.2 Å². The van der Waals surface area contributed by atoms with Crippen molar-refractivity contribution in [2.75, 3.05) is 51.2 Å². The van der Waals surface area contributed by atoms with Crippen LogP contribution in [0.5, 0.6) is 28.7 Å². The first kappa shape index (κ1) is 29.3. The number of carbonyl (C=O) groups excluding carboxylic acids is 4. The number of ether oxygens (including phenoxy) is 5. The van der Waals surface area contributed by atoms with Gasteiger partial charge < -0.3 is 34.3 Å². The number of imide groups is 1. The van der Waals surface area contributed by atoms with Gasteiger partial charge in [-0.25, -0.2) is 0 Å². The minimum Gasteiger partial charge on any atom is -0.495 e. The first-order valence-electron chi connectivity index (χ1n) is 13.0. The van der Waals surface area contributed by atoms with Crippen molar-refractivity contribution < 1.29 is 42.9 Å². The van der Waals surface area contributed by atoms with Gasteiger partial charge in [0.2, 0.25) is 5.91 Å².